The number of ether oxygens (including phenoxy) is 1. The van der Waals surface area contributed by atoms with Crippen LogP contribution in [0.5, 0.6) is 0 Å². The topological polar surface area (TPSA) is 107 Å². The Balaban J connectivity index is 1.90. The highest BCUT2D eigenvalue weighted by atomic mass is 32.2. The zero-order valence-electron chi connectivity index (χ0n) is 19.0. The lowest BCUT2D eigenvalue weighted by Gasteiger charge is -2.26. The molecule has 10 heteroatoms. The lowest BCUT2D eigenvalue weighted by molar-refractivity contribution is -0.384. The first kappa shape index (κ1) is 25.8. The average molecular weight is 501 g/mol. The summed E-state index contributed by atoms with van der Waals surface area (Å²) in [5.41, 5.74) is 1.59. The summed E-state index contributed by atoms with van der Waals surface area (Å²) in [4.78, 5) is 22.9. The second kappa shape index (κ2) is 12.1. The maximum Gasteiger partial charge on any atom is 0.313 e. The number of rotatable bonds is 11. The van der Waals surface area contributed by atoms with Crippen molar-refractivity contribution in [2.75, 3.05) is 18.0 Å². The van der Waals surface area contributed by atoms with E-state index in [1.54, 1.807) is 12.1 Å². The van der Waals surface area contributed by atoms with Gasteiger partial charge < -0.3 is 4.74 Å². The summed E-state index contributed by atoms with van der Waals surface area (Å²) >= 11 is 0. The Bertz CT molecular complexity index is 1210. The van der Waals surface area contributed by atoms with Gasteiger partial charge in [0, 0.05) is 24.6 Å². The molecule has 0 saturated heterocycles. The van der Waals surface area contributed by atoms with Gasteiger partial charge in [-0.25, -0.2) is 12.8 Å². The van der Waals surface area contributed by atoms with Gasteiger partial charge in [-0.15, -0.1) is 0 Å². The molecule has 0 bridgehead atoms. The summed E-state index contributed by atoms with van der Waals surface area (Å²) in [6.45, 7) is 0.00479. The molecule has 3 rings (SSSR count). The third-order valence-corrected chi connectivity index (χ3v) is 6.57. The number of methoxy groups -OCH3 is 1. The van der Waals surface area contributed by atoms with Crippen LogP contribution in [0.3, 0.4) is 0 Å². The molecule has 0 spiro atoms. The minimum atomic E-state index is -3.08. The van der Waals surface area contributed by atoms with Gasteiger partial charge in [0.05, 0.1) is 23.6 Å². The number of non-ortho nitro benzene ring substituents is 1. The van der Waals surface area contributed by atoms with Gasteiger partial charge in [-0.3, -0.25) is 19.2 Å². The van der Waals surface area contributed by atoms with E-state index in [-0.39, 0.29) is 17.9 Å². The molecule has 3 aromatic carbocycles. The first-order valence-electron chi connectivity index (χ1n) is 10.8. The van der Waals surface area contributed by atoms with Crippen LogP contribution < -0.4 is 4.31 Å². The monoisotopic (exact) mass is 500 g/mol. The van der Waals surface area contributed by atoms with E-state index in [4.69, 9.17) is 4.74 Å². The van der Waals surface area contributed by atoms with E-state index in [0.29, 0.717) is 18.4 Å². The molecule has 0 aliphatic rings. The zero-order chi connectivity index (χ0) is 25.4. The van der Waals surface area contributed by atoms with Gasteiger partial charge in [-0.05, 0) is 48.2 Å². The molecule has 35 heavy (non-hydrogen) atoms. The maximum atomic E-state index is 13.6. The fraction of sp³-hybridized carbons (Fsp3) is 0.240. The van der Waals surface area contributed by atoms with Gasteiger partial charge in [0.1, 0.15) is 5.82 Å². The number of anilines is 1. The summed E-state index contributed by atoms with van der Waals surface area (Å²) in [6, 6.07) is 20.1. The normalized spacial score (nSPS) is 12.7. The van der Waals surface area contributed by atoms with Crippen molar-refractivity contribution in [3.63, 3.8) is 0 Å². The number of esters is 1. The third kappa shape index (κ3) is 6.86. The molecule has 184 valence electrons. The molecule has 0 fully saturated rings. The second-order valence-corrected chi connectivity index (χ2v) is 8.86. The second-order valence-electron chi connectivity index (χ2n) is 7.91. The van der Waals surface area contributed by atoms with Crippen molar-refractivity contribution in [2.24, 2.45) is 0 Å². The van der Waals surface area contributed by atoms with Crippen LogP contribution in [0.1, 0.15) is 35.8 Å². The molecule has 0 aromatic heterocycles. The highest BCUT2D eigenvalue weighted by molar-refractivity contribution is 7.74. The highest BCUT2D eigenvalue weighted by Crippen LogP contribution is 2.31. The lowest BCUT2D eigenvalue weighted by atomic mass is 9.87. The van der Waals surface area contributed by atoms with Crippen molar-refractivity contribution in [3.05, 3.63) is 106 Å². The molecular formula is C25H25FN2O6S. The molecule has 2 unspecified atom stereocenters. The first-order valence-corrected chi connectivity index (χ1v) is 12.0. The fourth-order valence-electron chi connectivity index (χ4n) is 3.94. The van der Waals surface area contributed by atoms with Crippen LogP contribution in [0.2, 0.25) is 0 Å². The number of nitrogens with zero attached hydrogens (tertiary/aromatic N) is 2. The standard InChI is InChI=1S/C25H25FN2O6S/c1-34-25(29)24(19-5-3-2-4-6-19)16-9-20(18-7-10-21(26)11-8-18)17-27(35(32)33)22-12-14-23(15-13-22)28(30)31/h2-8,10-15,20,24,35H,9,16-17H2,1H3. The number of benzene rings is 3. The van der Waals surface area contributed by atoms with E-state index in [9.17, 15) is 27.7 Å². The number of nitro groups is 1. The smallest absolute Gasteiger partial charge is 0.313 e. The van der Waals surface area contributed by atoms with Crippen molar-refractivity contribution < 1.29 is 27.3 Å². The Morgan fingerprint density at radius 2 is 1.60 bits per heavy atom. The van der Waals surface area contributed by atoms with E-state index in [0.717, 1.165) is 9.87 Å². The van der Waals surface area contributed by atoms with E-state index in [2.05, 4.69) is 0 Å². The van der Waals surface area contributed by atoms with Crippen LogP contribution in [0.25, 0.3) is 0 Å². The number of thiol groups is 1. The van der Waals surface area contributed by atoms with Gasteiger partial charge in [0.15, 0.2) is 0 Å². The minimum absolute atomic E-state index is 0.00479. The van der Waals surface area contributed by atoms with E-state index >= 15 is 0 Å². The third-order valence-electron chi connectivity index (χ3n) is 5.78. The van der Waals surface area contributed by atoms with Gasteiger partial charge in [0.25, 0.3) is 5.69 Å². The number of hydrogen-bond donors (Lipinski definition) is 1. The summed E-state index contributed by atoms with van der Waals surface area (Å²) in [6.07, 6.45) is 0.759. The molecule has 0 heterocycles. The summed E-state index contributed by atoms with van der Waals surface area (Å²) in [5.74, 6) is -1.78. The lowest BCUT2D eigenvalue weighted by Crippen LogP contribution is -2.28. The SMILES string of the molecule is COC(=O)C(CCC(CN(c1ccc([N+](=O)[O-])cc1)[SH](=O)=O)c1ccc(F)cc1)c1ccccc1. The Morgan fingerprint density at radius 1 is 0.971 bits per heavy atom. The molecule has 3 aromatic rings. The van der Waals surface area contributed by atoms with Crippen LogP contribution in [0, 0.1) is 15.9 Å². The zero-order valence-corrected chi connectivity index (χ0v) is 19.8. The molecule has 0 N–H and O–H groups in total. The Morgan fingerprint density at radius 3 is 2.14 bits per heavy atom. The maximum absolute atomic E-state index is 13.6. The number of halogens is 1. The van der Waals surface area contributed by atoms with Gasteiger partial charge in [0.2, 0.25) is 10.9 Å². The van der Waals surface area contributed by atoms with Crippen molar-refractivity contribution in [3.8, 4) is 0 Å². The van der Waals surface area contributed by atoms with Gasteiger partial charge in [-0.1, -0.05) is 42.5 Å². The van der Waals surface area contributed by atoms with Crippen LogP contribution in [-0.4, -0.2) is 33.0 Å². The quantitative estimate of drug-likeness (QED) is 0.179. The molecule has 0 aliphatic heterocycles. The van der Waals surface area contributed by atoms with Crippen LogP contribution in [0.15, 0.2) is 78.9 Å². The Labute approximate surface area is 204 Å². The molecule has 0 saturated carbocycles. The number of hydrogen-bond acceptors (Lipinski definition) is 6. The fourth-order valence-corrected chi connectivity index (χ4v) is 4.59. The molecule has 0 amide bonds. The van der Waals surface area contributed by atoms with Crippen LogP contribution >= 0.6 is 0 Å². The van der Waals surface area contributed by atoms with Crippen molar-refractivity contribution in [1.82, 2.24) is 0 Å². The average Bonchev–Trinajstić information content (AvgIpc) is 2.87. The van der Waals surface area contributed by atoms with E-state index < -0.39 is 39.4 Å². The minimum Gasteiger partial charge on any atom is -0.469 e. The first-order chi connectivity index (χ1) is 16.8. The predicted molar refractivity (Wildman–Crippen MR) is 130 cm³/mol. The molecule has 8 nitrogen and oxygen atoms in total. The van der Waals surface area contributed by atoms with Gasteiger partial charge in [-0.2, -0.15) is 0 Å². The molecule has 0 aliphatic carbocycles. The number of nitro benzene ring substituents is 1. The van der Waals surface area contributed by atoms with Gasteiger partial charge >= 0.3 is 5.97 Å². The van der Waals surface area contributed by atoms with Crippen molar-refractivity contribution in [1.29, 1.82) is 0 Å². The number of carbonyl (C=O) groups is 1. The molecule has 2 atom stereocenters. The summed E-state index contributed by atoms with van der Waals surface area (Å²) in [5, 5.41) is 11.0. The number of carbonyl (C=O) groups excluding carboxylic acids is 1. The largest absolute Gasteiger partial charge is 0.469 e. The van der Waals surface area contributed by atoms with Crippen LogP contribution in [0.4, 0.5) is 15.8 Å². The summed E-state index contributed by atoms with van der Waals surface area (Å²) in [7, 11) is -1.77. The predicted octanol–water partition coefficient (Wildman–Crippen LogP) is 4.59. The van der Waals surface area contributed by atoms with Crippen molar-refractivity contribution in [2.45, 2.75) is 24.7 Å². The molecule has 0 radical (unpaired) electrons. The van der Waals surface area contributed by atoms with Crippen molar-refractivity contribution >= 4 is 28.2 Å². The Kier molecular flexibility index (Phi) is 8.91. The molecular weight excluding hydrogens is 475 g/mol. The van der Waals surface area contributed by atoms with E-state index in [1.807, 2.05) is 30.3 Å². The van der Waals surface area contributed by atoms with Crippen LogP contribution in [-0.2, 0) is 20.4 Å². The van der Waals surface area contributed by atoms with E-state index in [1.165, 1.54) is 43.5 Å². The highest BCUT2D eigenvalue weighted by Gasteiger charge is 2.25. The Hall–Kier alpha value is -3.79. The summed E-state index contributed by atoms with van der Waals surface area (Å²) < 4.78 is 44.0.